The predicted octanol–water partition coefficient (Wildman–Crippen LogP) is 2.35. The van der Waals surface area contributed by atoms with E-state index < -0.39 is 15.8 Å². The topological polar surface area (TPSA) is 72.0 Å². The summed E-state index contributed by atoms with van der Waals surface area (Å²) >= 11 is 1.18. The second-order valence-corrected chi connectivity index (χ2v) is 6.62. The number of aryl methyl sites for hydroxylation is 2. The first-order valence-electron chi connectivity index (χ1n) is 5.53. The Morgan fingerprint density at radius 2 is 2.11 bits per heavy atom. The number of aromatic nitrogens is 2. The molecule has 1 N–H and O–H groups in total. The van der Waals surface area contributed by atoms with Gasteiger partial charge in [-0.1, -0.05) is 18.3 Å². The van der Waals surface area contributed by atoms with Gasteiger partial charge in [0.15, 0.2) is 0 Å². The Kier molecular flexibility index (Phi) is 3.81. The molecule has 0 atom stereocenters. The van der Waals surface area contributed by atoms with Crippen molar-refractivity contribution in [2.45, 2.75) is 25.2 Å². The Morgan fingerprint density at radius 3 is 2.68 bits per heavy atom. The van der Waals surface area contributed by atoms with Crippen LogP contribution in [0, 0.1) is 12.7 Å². The molecule has 2 rings (SSSR count). The molecule has 2 aromatic rings. The van der Waals surface area contributed by atoms with Crippen LogP contribution in [0.2, 0.25) is 0 Å². The third-order valence-electron chi connectivity index (χ3n) is 2.43. The molecule has 1 aromatic carbocycles. The minimum Gasteiger partial charge on any atom is -0.253 e. The van der Waals surface area contributed by atoms with Crippen molar-refractivity contribution in [2.75, 3.05) is 4.72 Å². The van der Waals surface area contributed by atoms with Crippen LogP contribution in [0.5, 0.6) is 0 Å². The zero-order valence-electron chi connectivity index (χ0n) is 10.3. The van der Waals surface area contributed by atoms with Gasteiger partial charge >= 0.3 is 0 Å². The van der Waals surface area contributed by atoms with Gasteiger partial charge in [-0.3, -0.25) is 4.72 Å². The fraction of sp³-hybridized carbons (Fsp3) is 0.273. The number of hydrogen-bond donors (Lipinski definition) is 1. The number of rotatable bonds is 4. The van der Waals surface area contributed by atoms with Gasteiger partial charge in [0.2, 0.25) is 5.13 Å². The fourth-order valence-electron chi connectivity index (χ4n) is 1.40. The van der Waals surface area contributed by atoms with Crippen LogP contribution in [0.3, 0.4) is 0 Å². The molecule has 102 valence electrons. The number of halogens is 1. The van der Waals surface area contributed by atoms with E-state index in [4.69, 9.17) is 0 Å². The molecule has 0 aliphatic rings. The van der Waals surface area contributed by atoms with Crippen molar-refractivity contribution >= 4 is 26.5 Å². The number of benzene rings is 1. The average molecular weight is 301 g/mol. The smallest absolute Gasteiger partial charge is 0.253 e. The highest BCUT2D eigenvalue weighted by atomic mass is 32.2. The van der Waals surface area contributed by atoms with E-state index in [0.29, 0.717) is 6.42 Å². The summed E-state index contributed by atoms with van der Waals surface area (Å²) < 4.78 is 39.6. The number of nitrogens with zero attached hydrogens (tertiary/aromatic N) is 2. The number of hydrogen-bond acceptors (Lipinski definition) is 5. The zero-order chi connectivity index (χ0) is 14.0. The third-order valence-corrected chi connectivity index (χ3v) is 4.88. The van der Waals surface area contributed by atoms with E-state index in [1.165, 1.54) is 30.4 Å². The highest BCUT2D eigenvalue weighted by Gasteiger charge is 2.17. The lowest BCUT2D eigenvalue weighted by atomic mass is 10.2. The van der Waals surface area contributed by atoms with Gasteiger partial charge in [0.05, 0.1) is 4.90 Å². The molecule has 19 heavy (non-hydrogen) atoms. The molecule has 0 radical (unpaired) electrons. The molecular weight excluding hydrogens is 289 g/mol. The molecule has 0 aliphatic heterocycles. The molecule has 8 heteroatoms. The van der Waals surface area contributed by atoms with Crippen LogP contribution >= 0.6 is 11.3 Å². The zero-order valence-corrected chi connectivity index (χ0v) is 12.0. The van der Waals surface area contributed by atoms with Crippen molar-refractivity contribution in [3.05, 3.63) is 34.6 Å². The summed E-state index contributed by atoms with van der Waals surface area (Å²) in [4.78, 5) is -0.000325. The lowest BCUT2D eigenvalue weighted by Crippen LogP contribution is -2.13. The first-order valence-corrected chi connectivity index (χ1v) is 7.83. The van der Waals surface area contributed by atoms with Gasteiger partial charge in [-0.05, 0) is 37.1 Å². The summed E-state index contributed by atoms with van der Waals surface area (Å²) in [6.07, 6.45) is 0.690. The lowest BCUT2D eigenvalue weighted by Gasteiger charge is -2.05. The van der Waals surface area contributed by atoms with Crippen LogP contribution in [0.25, 0.3) is 0 Å². The van der Waals surface area contributed by atoms with Crippen LogP contribution in [0.1, 0.15) is 17.5 Å². The minimum absolute atomic E-state index is 0.000325. The van der Waals surface area contributed by atoms with E-state index in [1.807, 2.05) is 6.92 Å². The van der Waals surface area contributed by atoms with E-state index >= 15 is 0 Å². The first kappa shape index (κ1) is 13.9. The van der Waals surface area contributed by atoms with Gasteiger partial charge in [-0.25, -0.2) is 12.8 Å². The van der Waals surface area contributed by atoms with Crippen molar-refractivity contribution < 1.29 is 12.8 Å². The summed E-state index contributed by atoms with van der Waals surface area (Å²) in [5.41, 5.74) is 0.273. The van der Waals surface area contributed by atoms with E-state index in [-0.39, 0.29) is 15.6 Å². The standard InChI is InChI=1S/C11H12FN3O2S2/c1-3-10-13-14-11(18-10)15-19(16,17)8-4-5-9(12)7(2)6-8/h4-6H,3H2,1-2H3,(H,14,15). The van der Waals surface area contributed by atoms with Crippen molar-refractivity contribution in [2.24, 2.45) is 0 Å². The summed E-state index contributed by atoms with van der Waals surface area (Å²) in [5.74, 6) is -0.442. The normalized spacial score (nSPS) is 11.5. The van der Waals surface area contributed by atoms with Gasteiger partial charge < -0.3 is 0 Å². The van der Waals surface area contributed by atoms with Crippen LogP contribution in [0.4, 0.5) is 9.52 Å². The SMILES string of the molecule is CCc1nnc(NS(=O)(=O)c2ccc(F)c(C)c2)s1. The maximum atomic E-state index is 13.1. The minimum atomic E-state index is -3.76. The summed E-state index contributed by atoms with van der Waals surface area (Å²) in [6.45, 7) is 3.41. The van der Waals surface area contributed by atoms with Crippen molar-refractivity contribution in [3.8, 4) is 0 Å². The predicted molar refractivity (Wildman–Crippen MR) is 71.2 cm³/mol. The first-order chi connectivity index (χ1) is 8.92. The van der Waals surface area contributed by atoms with Gasteiger partial charge in [0.25, 0.3) is 10.0 Å². The Labute approximate surface area is 114 Å². The van der Waals surface area contributed by atoms with Crippen molar-refractivity contribution in [1.29, 1.82) is 0 Å². The summed E-state index contributed by atoms with van der Waals surface area (Å²) in [7, 11) is -3.76. The summed E-state index contributed by atoms with van der Waals surface area (Å²) in [5, 5.41) is 8.52. The van der Waals surface area contributed by atoms with Crippen molar-refractivity contribution in [3.63, 3.8) is 0 Å². The van der Waals surface area contributed by atoms with E-state index in [9.17, 15) is 12.8 Å². The Morgan fingerprint density at radius 1 is 1.37 bits per heavy atom. The van der Waals surface area contributed by atoms with Gasteiger partial charge in [-0.15, -0.1) is 10.2 Å². The van der Waals surface area contributed by atoms with Gasteiger partial charge in [0.1, 0.15) is 10.8 Å². The number of anilines is 1. The van der Waals surface area contributed by atoms with Crippen LogP contribution in [-0.2, 0) is 16.4 Å². The molecule has 1 heterocycles. The molecule has 0 unspecified atom stereocenters. The maximum absolute atomic E-state index is 13.1. The molecule has 5 nitrogen and oxygen atoms in total. The van der Waals surface area contributed by atoms with E-state index in [2.05, 4.69) is 14.9 Å². The monoisotopic (exact) mass is 301 g/mol. The van der Waals surface area contributed by atoms with Crippen molar-refractivity contribution in [1.82, 2.24) is 10.2 Å². The maximum Gasteiger partial charge on any atom is 0.263 e. The molecule has 0 bridgehead atoms. The molecule has 0 spiro atoms. The number of nitrogens with one attached hydrogen (secondary N) is 1. The van der Waals surface area contributed by atoms with Crippen LogP contribution in [0.15, 0.2) is 23.1 Å². The second-order valence-electron chi connectivity index (χ2n) is 3.87. The molecule has 0 saturated carbocycles. The van der Waals surface area contributed by atoms with Gasteiger partial charge in [0, 0.05) is 0 Å². The molecule has 0 aliphatic carbocycles. The highest BCUT2D eigenvalue weighted by molar-refractivity contribution is 7.93. The van der Waals surface area contributed by atoms with E-state index in [1.54, 1.807) is 0 Å². The second kappa shape index (κ2) is 5.22. The van der Waals surface area contributed by atoms with Crippen LogP contribution in [-0.4, -0.2) is 18.6 Å². The molecule has 0 amide bonds. The highest BCUT2D eigenvalue weighted by Crippen LogP contribution is 2.21. The fourth-order valence-corrected chi connectivity index (χ4v) is 3.39. The van der Waals surface area contributed by atoms with Gasteiger partial charge in [-0.2, -0.15) is 0 Å². The Bertz CT molecular complexity index is 698. The lowest BCUT2D eigenvalue weighted by molar-refractivity contribution is 0.598. The number of sulfonamides is 1. The molecule has 0 saturated heterocycles. The largest absolute Gasteiger partial charge is 0.263 e. The Balaban J connectivity index is 2.29. The van der Waals surface area contributed by atoms with E-state index in [0.717, 1.165) is 11.1 Å². The Hall–Kier alpha value is -1.54. The molecular formula is C11H12FN3O2S2. The molecule has 0 fully saturated rings. The molecule has 1 aromatic heterocycles. The summed E-state index contributed by atoms with van der Waals surface area (Å²) in [6, 6.07) is 3.62. The van der Waals surface area contributed by atoms with Crippen LogP contribution < -0.4 is 4.72 Å². The average Bonchev–Trinajstić information content (AvgIpc) is 2.79. The third kappa shape index (κ3) is 3.07. The quantitative estimate of drug-likeness (QED) is 0.941.